The summed E-state index contributed by atoms with van der Waals surface area (Å²) in [6.07, 6.45) is 5.05. The van der Waals surface area contributed by atoms with Gasteiger partial charge in [-0.1, -0.05) is 36.4 Å². The van der Waals surface area contributed by atoms with E-state index in [1.54, 1.807) is 23.3 Å². The highest BCUT2D eigenvalue weighted by atomic mass is 16.1. The van der Waals surface area contributed by atoms with Gasteiger partial charge in [-0.2, -0.15) is 5.10 Å². The number of amides is 1. The Labute approximate surface area is 168 Å². The number of carbonyl (C=O) groups is 1. The average Bonchev–Trinajstić information content (AvgIpc) is 3.05. The SMILES string of the molecule is Cc1nn(C)c2ncc(C(=O)NCc3cccnc3)c(NCc3ccccc3)c12. The number of aryl methyl sites for hydroxylation is 2. The van der Waals surface area contributed by atoms with Crippen LogP contribution in [0.25, 0.3) is 11.0 Å². The standard InChI is InChI=1S/C22H22N6O/c1-15-19-20(24-12-16-7-4-3-5-8-16)18(14-25-21(19)28(2)27-15)22(29)26-13-17-9-6-10-23-11-17/h3-11,14H,12-13H2,1-2H3,(H,24,25)(H,26,29). The van der Waals surface area contributed by atoms with Crippen LogP contribution in [0.1, 0.15) is 27.2 Å². The van der Waals surface area contributed by atoms with Crippen LogP contribution in [0.2, 0.25) is 0 Å². The van der Waals surface area contributed by atoms with Crippen LogP contribution in [-0.2, 0) is 20.1 Å². The van der Waals surface area contributed by atoms with Gasteiger partial charge in [0.1, 0.15) is 0 Å². The molecule has 3 aromatic heterocycles. The normalized spacial score (nSPS) is 10.8. The summed E-state index contributed by atoms with van der Waals surface area (Å²) in [5.41, 5.74) is 4.86. The van der Waals surface area contributed by atoms with Crippen molar-refractivity contribution in [3.63, 3.8) is 0 Å². The van der Waals surface area contributed by atoms with Crippen LogP contribution in [0, 0.1) is 6.92 Å². The quantitative estimate of drug-likeness (QED) is 0.532. The van der Waals surface area contributed by atoms with Crippen molar-refractivity contribution in [1.29, 1.82) is 0 Å². The third-order valence-corrected chi connectivity index (χ3v) is 4.76. The predicted molar refractivity (Wildman–Crippen MR) is 112 cm³/mol. The molecule has 7 nitrogen and oxygen atoms in total. The van der Waals surface area contributed by atoms with Crippen LogP contribution in [-0.4, -0.2) is 25.7 Å². The molecule has 0 aliphatic heterocycles. The third kappa shape index (κ3) is 3.94. The Bertz CT molecular complexity index is 1140. The molecule has 7 heteroatoms. The Kier molecular flexibility index (Phi) is 5.20. The molecule has 0 aliphatic rings. The van der Waals surface area contributed by atoms with E-state index in [0.717, 1.165) is 33.5 Å². The lowest BCUT2D eigenvalue weighted by atomic mass is 10.1. The van der Waals surface area contributed by atoms with E-state index in [0.29, 0.717) is 18.7 Å². The molecule has 0 aliphatic carbocycles. The van der Waals surface area contributed by atoms with Gasteiger partial charge in [0.15, 0.2) is 5.65 Å². The molecule has 2 N–H and O–H groups in total. The van der Waals surface area contributed by atoms with Crippen molar-refractivity contribution >= 4 is 22.6 Å². The average molecular weight is 386 g/mol. The first-order chi connectivity index (χ1) is 14.1. The number of nitrogens with one attached hydrogen (secondary N) is 2. The van der Waals surface area contributed by atoms with E-state index in [-0.39, 0.29) is 5.91 Å². The molecule has 0 fully saturated rings. The van der Waals surface area contributed by atoms with Gasteiger partial charge >= 0.3 is 0 Å². The number of anilines is 1. The van der Waals surface area contributed by atoms with Crippen LogP contribution in [0.15, 0.2) is 61.1 Å². The highest BCUT2D eigenvalue weighted by Crippen LogP contribution is 2.29. The van der Waals surface area contributed by atoms with Gasteiger partial charge in [-0.05, 0) is 24.1 Å². The topological polar surface area (TPSA) is 84.7 Å². The number of pyridine rings is 2. The molecule has 1 amide bonds. The second kappa shape index (κ2) is 8.10. The fourth-order valence-electron chi connectivity index (χ4n) is 3.33. The van der Waals surface area contributed by atoms with E-state index in [1.165, 1.54) is 0 Å². The maximum atomic E-state index is 13.0. The van der Waals surface area contributed by atoms with Gasteiger partial charge < -0.3 is 10.6 Å². The Morgan fingerprint density at radius 1 is 1.03 bits per heavy atom. The first-order valence-electron chi connectivity index (χ1n) is 9.40. The molecule has 146 valence electrons. The monoisotopic (exact) mass is 386 g/mol. The molecular formula is C22H22N6O. The molecule has 0 radical (unpaired) electrons. The molecule has 4 aromatic rings. The molecule has 0 bridgehead atoms. The van der Waals surface area contributed by atoms with Crippen molar-refractivity contribution in [3.8, 4) is 0 Å². The molecule has 3 heterocycles. The number of nitrogens with zero attached hydrogens (tertiary/aromatic N) is 4. The summed E-state index contributed by atoms with van der Waals surface area (Å²) in [5.74, 6) is -0.193. The summed E-state index contributed by atoms with van der Waals surface area (Å²) in [5, 5.41) is 11.7. The van der Waals surface area contributed by atoms with Gasteiger partial charge in [-0.15, -0.1) is 0 Å². The lowest BCUT2D eigenvalue weighted by molar-refractivity contribution is 0.0951. The lowest BCUT2D eigenvalue weighted by Gasteiger charge is -2.14. The van der Waals surface area contributed by atoms with Crippen molar-refractivity contribution in [2.75, 3.05) is 5.32 Å². The predicted octanol–water partition coefficient (Wildman–Crippen LogP) is 3.21. The van der Waals surface area contributed by atoms with Crippen molar-refractivity contribution in [2.24, 2.45) is 7.05 Å². The number of aromatic nitrogens is 4. The van der Waals surface area contributed by atoms with Gasteiger partial charge in [0.05, 0.1) is 22.3 Å². The molecule has 0 unspecified atom stereocenters. The van der Waals surface area contributed by atoms with Crippen LogP contribution in [0.4, 0.5) is 5.69 Å². The highest BCUT2D eigenvalue weighted by molar-refractivity contribution is 6.07. The molecule has 4 rings (SSSR count). The second-order valence-electron chi connectivity index (χ2n) is 6.84. The van der Waals surface area contributed by atoms with E-state index in [1.807, 2.05) is 56.4 Å². The van der Waals surface area contributed by atoms with Gasteiger partial charge in [-0.25, -0.2) is 4.98 Å². The molecule has 29 heavy (non-hydrogen) atoms. The zero-order valence-electron chi connectivity index (χ0n) is 16.4. The minimum absolute atomic E-state index is 0.193. The van der Waals surface area contributed by atoms with Gasteiger partial charge in [0, 0.05) is 38.7 Å². The molecule has 0 saturated carbocycles. The zero-order chi connectivity index (χ0) is 20.2. The number of carbonyl (C=O) groups excluding carboxylic acids is 1. The van der Waals surface area contributed by atoms with Crippen molar-refractivity contribution in [3.05, 3.63) is 83.4 Å². The Balaban J connectivity index is 1.66. The third-order valence-electron chi connectivity index (χ3n) is 4.76. The summed E-state index contributed by atoms with van der Waals surface area (Å²) in [6, 6.07) is 13.8. The Hall–Kier alpha value is -3.74. The number of fused-ring (bicyclic) bond motifs is 1. The second-order valence-corrected chi connectivity index (χ2v) is 6.84. The number of rotatable bonds is 6. The molecular weight excluding hydrogens is 364 g/mol. The Morgan fingerprint density at radius 3 is 2.59 bits per heavy atom. The molecule has 0 spiro atoms. The summed E-state index contributed by atoms with van der Waals surface area (Å²) in [6.45, 7) is 2.92. The highest BCUT2D eigenvalue weighted by Gasteiger charge is 2.19. The van der Waals surface area contributed by atoms with Crippen LogP contribution >= 0.6 is 0 Å². The minimum atomic E-state index is -0.193. The summed E-state index contributed by atoms with van der Waals surface area (Å²) >= 11 is 0. The van der Waals surface area contributed by atoms with E-state index in [4.69, 9.17) is 0 Å². The van der Waals surface area contributed by atoms with Crippen molar-refractivity contribution in [2.45, 2.75) is 20.0 Å². The maximum absolute atomic E-state index is 13.0. The maximum Gasteiger partial charge on any atom is 0.255 e. The van der Waals surface area contributed by atoms with Crippen LogP contribution in [0.5, 0.6) is 0 Å². The van der Waals surface area contributed by atoms with Crippen LogP contribution < -0.4 is 10.6 Å². The van der Waals surface area contributed by atoms with Crippen molar-refractivity contribution < 1.29 is 4.79 Å². The van der Waals surface area contributed by atoms with Crippen LogP contribution in [0.3, 0.4) is 0 Å². The van der Waals surface area contributed by atoms with E-state index < -0.39 is 0 Å². The largest absolute Gasteiger partial charge is 0.380 e. The number of hydrogen-bond acceptors (Lipinski definition) is 5. The van der Waals surface area contributed by atoms with Gasteiger partial charge in [0.2, 0.25) is 0 Å². The summed E-state index contributed by atoms with van der Waals surface area (Å²) in [4.78, 5) is 21.5. The fraction of sp³-hybridized carbons (Fsp3) is 0.182. The number of benzene rings is 1. The van der Waals surface area contributed by atoms with E-state index >= 15 is 0 Å². The smallest absolute Gasteiger partial charge is 0.255 e. The Morgan fingerprint density at radius 2 is 1.83 bits per heavy atom. The lowest BCUT2D eigenvalue weighted by Crippen LogP contribution is -2.24. The molecule has 0 saturated heterocycles. The first-order valence-corrected chi connectivity index (χ1v) is 9.40. The molecule has 0 atom stereocenters. The first kappa shape index (κ1) is 18.6. The van der Waals surface area contributed by atoms with Crippen molar-refractivity contribution in [1.82, 2.24) is 25.1 Å². The minimum Gasteiger partial charge on any atom is -0.380 e. The summed E-state index contributed by atoms with van der Waals surface area (Å²) < 4.78 is 1.73. The molecule has 1 aromatic carbocycles. The van der Waals surface area contributed by atoms with Gasteiger partial charge in [-0.3, -0.25) is 14.5 Å². The van der Waals surface area contributed by atoms with E-state index in [9.17, 15) is 4.79 Å². The fourth-order valence-corrected chi connectivity index (χ4v) is 3.33. The van der Waals surface area contributed by atoms with Gasteiger partial charge in [0.25, 0.3) is 5.91 Å². The zero-order valence-corrected chi connectivity index (χ0v) is 16.4. The summed E-state index contributed by atoms with van der Waals surface area (Å²) in [7, 11) is 1.85. The van der Waals surface area contributed by atoms with E-state index in [2.05, 4.69) is 25.7 Å². The number of hydrogen-bond donors (Lipinski definition) is 2.